The largest absolute Gasteiger partial charge is 0.329 e. The molecule has 0 radical (unpaired) electrons. The predicted molar refractivity (Wildman–Crippen MR) is 73.6 cm³/mol. The molecule has 16 heavy (non-hydrogen) atoms. The molecule has 0 saturated carbocycles. The molecule has 0 aromatic heterocycles. The molecule has 2 N–H and O–H groups in total. The Morgan fingerprint density at radius 1 is 1.06 bits per heavy atom. The summed E-state index contributed by atoms with van der Waals surface area (Å²) in [7, 11) is 2.21. The third kappa shape index (κ3) is 5.31. The van der Waals surface area contributed by atoms with Crippen molar-refractivity contribution in [3.63, 3.8) is 0 Å². The lowest BCUT2D eigenvalue weighted by Gasteiger charge is -2.41. The van der Waals surface area contributed by atoms with Crippen molar-refractivity contribution < 1.29 is 0 Å². The molecule has 0 rings (SSSR count). The molecule has 0 bridgehead atoms. The smallest absolute Gasteiger partial charge is 0.0223 e. The highest BCUT2D eigenvalue weighted by atomic mass is 15.2. The summed E-state index contributed by atoms with van der Waals surface area (Å²) >= 11 is 0. The fraction of sp³-hybridized carbons (Fsp3) is 1.00. The summed E-state index contributed by atoms with van der Waals surface area (Å²) in [5, 5.41) is 0. The summed E-state index contributed by atoms with van der Waals surface area (Å²) in [6, 6.07) is 1.03. The van der Waals surface area contributed by atoms with Crippen molar-refractivity contribution in [2.45, 2.75) is 67.0 Å². The molecule has 2 atom stereocenters. The van der Waals surface area contributed by atoms with E-state index < -0.39 is 0 Å². The first kappa shape index (κ1) is 15.9. The summed E-state index contributed by atoms with van der Waals surface area (Å²) in [6.07, 6.45) is 1.15. The zero-order chi connectivity index (χ0) is 13.1. The van der Waals surface area contributed by atoms with E-state index in [0.717, 1.165) is 13.0 Å². The zero-order valence-electron chi connectivity index (χ0n) is 12.6. The Kier molecular flexibility index (Phi) is 5.48. The van der Waals surface area contributed by atoms with Gasteiger partial charge in [-0.15, -0.1) is 0 Å². The number of hydrogen-bond donors (Lipinski definition) is 1. The fourth-order valence-electron chi connectivity index (χ4n) is 2.03. The summed E-state index contributed by atoms with van der Waals surface area (Å²) in [6.45, 7) is 16.8. The average molecular weight is 228 g/mol. The highest BCUT2D eigenvalue weighted by Crippen LogP contribution is 2.28. The van der Waals surface area contributed by atoms with Crippen LogP contribution in [-0.2, 0) is 0 Å². The standard InChI is InChI=1S/C14H32N2/c1-11(14(5,6)7)16(8)12(10-15)9-13(2,3)4/h11-12H,9-10,15H2,1-8H3. The van der Waals surface area contributed by atoms with Gasteiger partial charge in [-0.2, -0.15) is 0 Å². The molecule has 0 aliphatic carbocycles. The van der Waals surface area contributed by atoms with E-state index in [1.807, 2.05) is 0 Å². The van der Waals surface area contributed by atoms with Gasteiger partial charge < -0.3 is 5.73 Å². The molecule has 0 spiro atoms. The number of nitrogens with zero attached hydrogens (tertiary/aromatic N) is 1. The van der Waals surface area contributed by atoms with Crippen LogP contribution in [0, 0.1) is 10.8 Å². The van der Waals surface area contributed by atoms with E-state index in [0.29, 0.717) is 22.9 Å². The molecule has 0 aliphatic heterocycles. The van der Waals surface area contributed by atoms with E-state index in [1.165, 1.54) is 0 Å². The minimum absolute atomic E-state index is 0.306. The van der Waals surface area contributed by atoms with Crippen LogP contribution >= 0.6 is 0 Å². The Balaban J connectivity index is 4.60. The molecule has 0 aromatic carbocycles. The van der Waals surface area contributed by atoms with Crippen molar-refractivity contribution in [3.8, 4) is 0 Å². The lowest BCUT2D eigenvalue weighted by Crippen LogP contribution is -2.49. The molecular weight excluding hydrogens is 196 g/mol. The SMILES string of the molecule is CC(N(C)C(CN)CC(C)(C)C)C(C)(C)C. The maximum atomic E-state index is 5.92. The maximum Gasteiger partial charge on any atom is 0.0223 e. The van der Waals surface area contributed by atoms with Crippen LogP contribution in [0.15, 0.2) is 0 Å². The van der Waals surface area contributed by atoms with E-state index in [9.17, 15) is 0 Å². The van der Waals surface area contributed by atoms with Gasteiger partial charge in [0.15, 0.2) is 0 Å². The lowest BCUT2D eigenvalue weighted by molar-refractivity contribution is 0.0789. The van der Waals surface area contributed by atoms with E-state index >= 15 is 0 Å². The van der Waals surface area contributed by atoms with Gasteiger partial charge in [-0.25, -0.2) is 0 Å². The van der Waals surface area contributed by atoms with Crippen LogP contribution in [-0.4, -0.2) is 30.6 Å². The van der Waals surface area contributed by atoms with E-state index in [-0.39, 0.29) is 0 Å². The third-order valence-electron chi connectivity index (χ3n) is 3.56. The minimum Gasteiger partial charge on any atom is -0.329 e. The first-order chi connectivity index (χ1) is 6.99. The summed E-state index contributed by atoms with van der Waals surface area (Å²) in [5.74, 6) is 0. The van der Waals surface area contributed by atoms with Crippen molar-refractivity contribution in [3.05, 3.63) is 0 Å². The van der Waals surface area contributed by atoms with Gasteiger partial charge in [-0.3, -0.25) is 4.90 Å². The quantitative estimate of drug-likeness (QED) is 0.801. The highest BCUT2D eigenvalue weighted by molar-refractivity contribution is 4.84. The minimum atomic E-state index is 0.306. The van der Waals surface area contributed by atoms with Crippen LogP contribution < -0.4 is 5.73 Å². The Hall–Kier alpha value is -0.0800. The number of nitrogens with two attached hydrogens (primary N) is 1. The van der Waals surface area contributed by atoms with Crippen molar-refractivity contribution in [1.29, 1.82) is 0 Å². The molecule has 2 heteroatoms. The fourth-order valence-corrected chi connectivity index (χ4v) is 2.03. The van der Waals surface area contributed by atoms with Crippen LogP contribution in [0.5, 0.6) is 0 Å². The monoisotopic (exact) mass is 228 g/mol. The van der Waals surface area contributed by atoms with Crippen LogP contribution in [0.1, 0.15) is 54.9 Å². The zero-order valence-corrected chi connectivity index (χ0v) is 12.6. The van der Waals surface area contributed by atoms with Crippen molar-refractivity contribution in [2.75, 3.05) is 13.6 Å². The van der Waals surface area contributed by atoms with Gasteiger partial charge in [0.05, 0.1) is 0 Å². The first-order valence-corrected chi connectivity index (χ1v) is 6.41. The second-order valence-electron chi connectivity index (χ2n) is 7.36. The van der Waals surface area contributed by atoms with E-state index in [2.05, 4.69) is 60.4 Å². The van der Waals surface area contributed by atoms with Gasteiger partial charge in [0, 0.05) is 18.6 Å². The molecular formula is C14H32N2. The second kappa shape index (κ2) is 5.50. The average Bonchev–Trinajstić information content (AvgIpc) is 2.08. The molecule has 98 valence electrons. The molecule has 2 nitrogen and oxygen atoms in total. The van der Waals surface area contributed by atoms with Gasteiger partial charge in [0.1, 0.15) is 0 Å². The summed E-state index contributed by atoms with van der Waals surface area (Å²) in [4.78, 5) is 2.45. The lowest BCUT2D eigenvalue weighted by atomic mass is 9.83. The highest BCUT2D eigenvalue weighted by Gasteiger charge is 2.29. The Labute approximate surface area is 103 Å². The molecule has 0 aliphatic rings. The second-order valence-corrected chi connectivity index (χ2v) is 7.36. The normalized spacial score (nSPS) is 17.6. The van der Waals surface area contributed by atoms with Gasteiger partial charge in [0.25, 0.3) is 0 Å². The van der Waals surface area contributed by atoms with Crippen LogP contribution in [0.3, 0.4) is 0 Å². The van der Waals surface area contributed by atoms with Gasteiger partial charge >= 0.3 is 0 Å². The number of likely N-dealkylation sites (N-methyl/N-ethyl adjacent to an activating group) is 1. The summed E-state index contributed by atoms with van der Waals surface area (Å²) < 4.78 is 0. The van der Waals surface area contributed by atoms with E-state index in [4.69, 9.17) is 5.73 Å². The molecule has 0 fully saturated rings. The van der Waals surface area contributed by atoms with Crippen LogP contribution in [0.25, 0.3) is 0 Å². The first-order valence-electron chi connectivity index (χ1n) is 6.41. The maximum absolute atomic E-state index is 5.92. The molecule has 0 amide bonds. The Morgan fingerprint density at radius 3 is 1.75 bits per heavy atom. The van der Waals surface area contributed by atoms with Crippen molar-refractivity contribution in [2.24, 2.45) is 16.6 Å². The van der Waals surface area contributed by atoms with Crippen LogP contribution in [0.4, 0.5) is 0 Å². The number of hydrogen-bond acceptors (Lipinski definition) is 2. The van der Waals surface area contributed by atoms with Gasteiger partial charge in [0.2, 0.25) is 0 Å². The van der Waals surface area contributed by atoms with Crippen molar-refractivity contribution >= 4 is 0 Å². The predicted octanol–water partition coefficient (Wildman–Crippen LogP) is 3.12. The molecule has 0 heterocycles. The van der Waals surface area contributed by atoms with Crippen LogP contribution in [0.2, 0.25) is 0 Å². The third-order valence-corrected chi connectivity index (χ3v) is 3.56. The molecule has 2 unspecified atom stereocenters. The summed E-state index contributed by atoms with van der Waals surface area (Å²) in [5.41, 5.74) is 6.57. The van der Waals surface area contributed by atoms with Crippen molar-refractivity contribution in [1.82, 2.24) is 4.90 Å². The topological polar surface area (TPSA) is 29.3 Å². The molecule has 0 saturated heterocycles. The number of rotatable bonds is 4. The van der Waals surface area contributed by atoms with Gasteiger partial charge in [-0.1, -0.05) is 41.5 Å². The van der Waals surface area contributed by atoms with Gasteiger partial charge in [-0.05, 0) is 31.2 Å². The molecule has 0 aromatic rings. The Bertz CT molecular complexity index is 198. The van der Waals surface area contributed by atoms with E-state index in [1.54, 1.807) is 0 Å². The Morgan fingerprint density at radius 2 is 1.50 bits per heavy atom.